The predicted octanol–water partition coefficient (Wildman–Crippen LogP) is 3.71. The molecule has 0 N–H and O–H groups in total. The number of carbonyl (C=O) groups is 4. The number of amides is 3. The maximum absolute atomic E-state index is 13.6. The van der Waals surface area contributed by atoms with Gasteiger partial charge < -0.3 is 23.7 Å². The SMILES string of the molecule is C=CCOC(=O)C1=C(C2C[C@@H](C(=O)N(C)C)N(C(=O)OCC=C)C2)C[C@@H]2[C@@H]([C@@H](C)O[Si](C)(C)C(C)(C)C)C(=O)N12. The highest BCUT2D eigenvalue weighted by Crippen LogP contribution is 2.50. The van der Waals surface area contributed by atoms with Crippen molar-refractivity contribution in [3.05, 3.63) is 36.6 Å². The van der Waals surface area contributed by atoms with E-state index in [1.807, 2.05) is 6.92 Å². The van der Waals surface area contributed by atoms with Gasteiger partial charge in [0.2, 0.25) is 11.8 Å². The quantitative estimate of drug-likeness (QED) is 0.169. The fourth-order valence-corrected chi connectivity index (χ4v) is 7.02. The van der Waals surface area contributed by atoms with Crippen LogP contribution in [0.4, 0.5) is 4.79 Å². The van der Waals surface area contributed by atoms with E-state index in [1.165, 1.54) is 22.0 Å². The first-order valence-electron chi connectivity index (χ1n) is 13.8. The lowest BCUT2D eigenvalue weighted by molar-refractivity contribution is -0.161. The molecule has 2 fully saturated rings. The third-order valence-electron chi connectivity index (χ3n) is 8.64. The Morgan fingerprint density at radius 2 is 1.73 bits per heavy atom. The van der Waals surface area contributed by atoms with E-state index in [2.05, 4.69) is 47.0 Å². The molecule has 11 heteroatoms. The number of likely N-dealkylation sites (tertiary alicyclic amines) is 1. The summed E-state index contributed by atoms with van der Waals surface area (Å²) in [6.45, 7) is 20.1. The zero-order chi connectivity index (χ0) is 30.2. The highest BCUT2D eigenvalue weighted by molar-refractivity contribution is 6.74. The molecule has 3 aliphatic heterocycles. The molecular weight excluding hydrogens is 530 g/mol. The summed E-state index contributed by atoms with van der Waals surface area (Å²) in [5, 5.41) is -0.0199. The van der Waals surface area contributed by atoms with Gasteiger partial charge in [-0.3, -0.25) is 14.5 Å². The lowest BCUT2D eigenvalue weighted by atomic mass is 9.81. The number of β-lactam (4-membered cyclic amide) rings is 1. The first kappa shape index (κ1) is 31.6. The van der Waals surface area contributed by atoms with Crippen molar-refractivity contribution in [1.29, 1.82) is 0 Å². The highest BCUT2D eigenvalue weighted by Gasteiger charge is 2.60. The van der Waals surface area contributed by atoms with E-state index in [0.29, 0.717) is 12.8 Å². The number of esters is 1. The molecule has 40 heavy (non-hydrogen) atoms. The normalized spacial score (nSPS) is 25.2. The third-order valence-corrected chi connectivity index (χ3v) is 13.2. The summed E-state index contributed by atoms with van der Waals surface area (Å²) in [5.74, 6) is -1.74. The smallest absolute Gasteiger partial charge is 0.410 e. The van der Waals surface area contributed by atoms with Crippen LogP contribution >= 0.6 is 0 Å². The van der Waals surface area contributed by atoms with Gasteiger partial charge >= 0.3 is 12.1 Å². The fourth-order valence-electron chi connectivity index (χ4n) is 5.59. The van der Waals surface area contributed by atoms with Crippen molar-refractivity contribution in [1.82, 2.24) is 14.7 Å². The molecule has 0 aromatic carbocycles. The van der Waals surface area contributed by atoms with Gasteiger partial charge in [-0.2, -0.15) is 0 Å². The van der Waals surface area contributed by atoms with E-state index < -0.39 is 32.3 Å². The van der Waals surface area contributed by atoms with Gasteiger partial charge in [0.15, 0.2) is 8.32 Å². The van der Waals surface area contributed by atoms with Crippen molar-refractivity contribution in [3.63, 3.8) is 0 Å². The summed E-state index contributed by atoms with van der Waals surface area (Å²) in [7, 11) is 1.12. The zero-order valence-electron chi connectivity index (χ0n) is 25.2. The number of hydrogen-bond donors (Lipinski definition) is 0. The summed E-state index contributed by atoms with van der Waals surface area (Å²) in [6.07, 6.45) is 2.75. The van der Waals surface area contributed by atoms with Crippen molar-refractivity contribution in [3.8, 4) is 0 Å². The highest BCUT2D eigenvalue weighted by atomic mass is 28.4. The first-order valence-corrected chi connectivity index (χ1v) is 16.8. The Morgan fingerprint density at radius 1 is 1.12 bits per heavy atom. The second-order valence-electron chi connectivity index (χ2n) is 12.5. The van der Waals surface area contributed by atoms with Crippen molar-refractivity contribution < 1.29 is 33.1 Å². The van der Waals surface area contributed by atoms with Crippen molar-refractivity contribution in [2.75, 3.05) is 33.9 Å². The molecule has 0 aliphatic carbocycles. The molecule has 0 radical (unpaired) electrons. The van der Waals surface area contributed by atoms with E-state index in [1.54, 1.807) is 19.0 Å². The number of nitrogens with zero attached hydrogens (tertiary/aromatic N) is 3. The molecule has 0 bridgehead atoms. The number of carbonyl (C=O) groups excluding carboxylic acids is 4. The van der Waals surface area contributed by atoms with Crippen LogP contribution in [-0.2, 0) is 28.3 Å². The van der Waals surface area contributed by atoms with Gasteiger partial charge in [0.05, 0.1) is 18.1 Å². The lowest BCUT2D eigenvalue weighted by Crippen LogP contribution is -2.63. The summed E-state index contributed by atoms with van der Waals surface area (Å²) < 4.78 is 17.3. The molecule has 3 heterocycles. The Kier molecular flexibility index (Phi) is 9.40. The Labute approximate surface area is 239 Å². The van der Waals surface area contributed by atoms with E-state index in [0.717, 1.165) is 5.57 Å². The van der Waals surface area contributed by atoms with Gasteiger partial charge in [0.1, 0.15) is 25.0 Å². The topological polar surface area (TPSA) is 106 Å². The van der Waals surface area contributed by atoms with Gasteiger partial charge in [-0.1, -0.05) is 46.1 Å². The number of ether oxygens (including phenoxy) is 2. The molecule has 0 spiro atoms. The van der Waals surface area contributed by atoms with Crippen molar-refractivity contribution >= 4 is 32.2 Å². The lowest BCUT2D eigenvalue weighted by Gasteiger charge is -2.49. The van der Waals surface area contributed by atoms with Crippen molar-refractivity contribution in [2.24, 2.45) is 11.8 Å². The molecule has 3 amide bonds. The van der Waals surface area contributed by atoms with Crippen LogP contribution in [0.5, 0.6) is 0 Å². The van der Waals surface area contributed by atoms with E-state index in [9.17, 15) is 19.2 Å². The summed E-state index contributed by atoms with van der Waals surface area (Å²) in [6, 6.07) is -1.01. The second kappa shape index (κ2) is 11.9. The Balaban J connectivity index is 1.93. The maximum Gasteiger partial charge on any atom is 0.410 e. The van der Waals surface area contributed by atoms with Crippen LogP contribution in [-0.4, -0.2) is 98.9 Å². The Morgan fingerprint density at radius 3 is 2.27 bits per heavy atom. The maximum atomic E-state index is 13.6. The summed E-state index contributed by atoms with van der Waals surface area (Å²) in [4.78, 5) is 57.2. The molecule has 2 saturated heterocycles. The number of likely N-dealkylation sites (N-methyl/N-ethyl adjacent to an activating group) is 1. The monoisotopic (exact) mass is 575 g/mol. The molecule has 10 nitrogen and oxygen atoms in total. The van der Waals surface area contributed by atoms with Crippen LogP contribution in [0.25, 0.3) is 0 Å². The van der Waals surface area contributed by atoms with Crippen LogP contribution in [0.1, 0.15) is 40.5 Å². The molecule has 222 valence electrons. The number of hydrogen-bond acceptors (Lipinski definition) is 7. The Bertz CT molecular complexity index is 1090. The van der Waals surface area contributed by atoms with Crippen LogP contribution in [0.2, 0.25) is 18.1 Å². The summed E-state index contributed by atoms with van der Waals surface area (Å²) >= 11 is 0. The average molecular weight is 576 g/mol. The minimum absolute atomic E-state index is 0.00301. The number of rotatable bonds is 10. The molecular formula is C29H45N3O7Si. The fraction of sp³-hybridized carbons (Fsp3) is 0.655. The minimum Gasteiger partial charge on any atom is -0.457 e. The van der Waals surface area contributed by atoms with E-state index in [-0.39, 0.29) is 60.4 Å². The molecule has 5 atom stereocenters. The van der Waals surface area contributed by atoms with E-state index >= 15 is 0 Å². The van der Waals surface area contributed by atoms with Gasteiger partial charge in [-0.25, -0.2) is 9.59 Å². The largest absolute Gasteiger partial charge is 0.457 e. The van der Waals surface area contributed by atoms with E-state index in [4.69, 9.17) is 13.9 Å². The zero-order valence-corrected chi connectivity index (χ0v) is 26.2. The van der Waals surface area contributed by atoms with Crippen LogP contribution in [0.3, 0.4) is 0 Å². The van der Waals surface area contributed by atoms with Gasteiger partial charge in [0, 0.05) is 26.6 Å². The van der Waals surface area contributed by atoms with Crippen LogP contribution < -0.4 is 0 Å². The van der Waals surface area contributed by atoms with Gasteiger partial charge in [-0.15, -0.1) is 0 Å². The standard InChI is InChI=1S/C29H45N3O7Si/c1-11-13-37-27(35)24-20(19-15-22(25(33)30(7)8)31(17-19)28(36)38-14-12-2)16-21-23(26(34)32(21)24)18(3)39-40(9,10)29(4,5)6/h11-12,18-19,21-23H,1-2,13-17H2,3-10H3/t18-,19?,21-,22+,23-/m1/s1. The minimum atomic E-state index is -2.15. The third kappa shape index (κ3) is 5.90. The molecule has 3 rings (SSSR count). The molecule has 0 saturated carbocycles. The number of fused-ring (bicyclic) bond motifs is 1. The second-order valence-corrected chi connectivity index (χ2v) is 17.3. The Hall–Kier alpha value is -2.92. The average Bonchev–Trinajstić information content (AvgIpc) is 3.44. The molecule has 3 aliphatic rings. The molecule has 1 unspecified atom stereocenters. The predicted molar refractivity (Wildman–Crippen MR) is 154 cm³/mol. The van der Waals surface area contributed by atoms with Crippen LogP contribution in [0.15, 0.2) is 36.6 Å². The molecule has 0 aromatic heterocycles. The van der Waals surface area contributed by atoms with Crippen molar-refractivity contribution in [2.45, 2.75) is 76.9 Å². The summed E-state index contributed by atoms with van der Waals surface area (Å²) in [5.41, 5.74) is 0.944. The first-order chi connectivity index (χ1) is 18.6. The van der Waals surface area contributed by atoms with Gasteiger partial charge in [-0.05, 0) is 43.5 Å². The van der Waals surface area contributed by atoms with Gasteiger partial charge in [0.25, 0.3) is 0 Å². The van der Waals surface area contributed by atoms with Crippen LogP contribution in [0, 0.1) is 11.8 Å². The molecule has 0 aromatic rings.